The van der Waals surface area contributed by atoms with Crippen LogP contribution in [-0.4, -0.2) is 30.4 Å². The zero-order chi connectivity index (χ0) is 18.7. The molecule has 140 valence electrons. The van der Waals surface area contributed by atoms with Gasteiger partial charge in [-0.1, -0.05) is 31.4 Å². The van der Waals surface area contributed by atoms with Crippen molar-refractivity contribution in [3.63, 3.8) is 0 Å². The molecule has 8 heteroatoms. The fourth-order valence-corrected chi connectivity index (χ4v) is 4.31. The summed E-state index contributed by atoms with van der Waals surface area (Å²) in [7, 11) is -3.91. The highest BCUT2D eigenvalue weighted by Crippen LogP contribution is 2.21. The van der Waals surface area contributed by atoms with E-state index in [9.17, 15) is 17.6 Å². The molecule has 1 amide bonds. The van der Waals surface area contributed by atoms with Crippen molar-refractivity contribution in [2.24, 2.45) is 4.40 Å². The third kappa shape index (κ3) is 4.30. The average molecular weight is 379 g/mol. The van der Waals surface area contributed by atoms with Crippen molar-refractivity contribution in [3.8, 4) is 0 Å². The maximum atomic E-state index is 13.0. The van der Waals surface area contributed by atoms with Gasteiger partial charge in [0, 0.05) is 12.2 Å². The largest absolute Gasteiger partial charge is 0.349 e. The molecule has 1 N–H and O–H groups in total. The third-order valence-electron chi connectivity index (χ3n) is 4.65. The third-order valence-corrected chi connectivity index (χ3v) is 5.98. The van der Waals surface area contributed by atoms with E-state index in [0.29, 0.717) is 5.56 Å². The second kappa shape index (κ2) is 7.57. The minimum atomic E-state index is -3.91. The van der Waals surface area contributed by atoms with Gasteiger partial charge in [-0.3, -0.25) is 9.10 Å². The zero-order valence-electron chi connectivity index (χ0n) is 14.6. The van der Waals surface area contributed by atoms with Crippen molar-refractivity contribution in [3.05, 3.63) is 47.4 Å². The van der Waals surface area contributed by atoms with Gasteiger partial charge in [0.15, 0.2) is 0 Å². The quantitative estimate of drug-likeness (QED) is 0.874. The van der Waals surface area contributed by atoms with Crippen LogP contribution >= 0.6 is 0 Å². The summed E-state index contributed by atoms with van der Waals surface area (Å²) in [6.45, 7) is 1.50. The molecule has 0 atom stereocenters. The monoisotopic (exact) mass is 379 g/mol. The number of carbonyl (C=O) groups is 1. The van der Waals surface area contributed by atoms with Gasteiger partial charge in [0.1, 0.15) is 5.82 Å². The van der Waals surface area contributed by atoms with Crippen LogP contribution in [0.1, 0.15) is 44.6 Å². The fourth-order valence-electron chi connectivity index (χ4n) is 3.21. The van der Waals surface area contributed by atoms with E-state index < -0.39 is 16.0 Å². The van der Waals surface area contributed by atoms with Gasteiger partial charge in [0.05, 0.1) is 17.8 Å². The van der Waals surface area contributed by atoms with Crippen molar-refractivity contribution in [1.82, 2.24) is 9.62 Å². The van der Waals surface area contributed by atoms with E-state index in [0.717, 1.165) is 30.0 Å². The Kier molecular flexibility index (Phi) is 5.41. The van der Waals surface area contributed by atoms with E-state index in [1.807, 2.05) is 0 Å². The fraction of sp³-hybridized carbons (Fsp3) is 0.444. The Labute approximate surface area is 153 Å². The van der Waals surface area contributed by atoms with Crippen LogP contribution in [0.25, 0.3) is 0 Å². The van der Waals surface area contributed by atoms with Crippen molar-refractivity contribution in [2.45, 2.75) is 51.6 Å². The lowest BCUT2D eigenvalue weighted by molar-refractivity contribution is -0.117. The van der Waals surface area contributed by atoms with Crippen LogP contribution in [0.4, 0.5) is 4.39 Å². The number of carbonyl (C=O) groups excluding carboxylic acids is 1. The molecule has 0 saturated heterocycles. The highest BCUT2D eigenvalue weighted by Gasteiger charge is 2.29. The molecule has 2 aliphatic rings. The average Bonchev–Trinajstić information content (AvgIpc) is 2.59. The van der Waals surface area contributed by atoms with Crippen molar-refractivity contribution < 1.29 is 17.6 Å². The molecule has 0 aromatic heterocycles. The predicted molar refractivity (Wildman–Crippen MR) is 97.1 cm³/mol. The second-order valence-electron chi connectivity index (χ2n) is 6.68. The molecule has 1 aliphatic carbocycles. The molecule has 6 nitrogen and oxygen atoms in total. The molecule has 1 fully saturated rings. The van der Waals surface area contributed by atoms with Crippen LogP contribution in [0.5, 0.6) is 0 Å². The first kappa shape index (κ1) is 18.6. The second-order valence-corrected chi connectivity index (χ2v) is 8.22. The molecule has 0 bridgehead atoms. The molecule has 1 aliphatic heterocycles. The van der Waals surface area contributed by atoms with Crippen LogP contribution in [0.3, 0.4) is 0 Å². The lowest BCUT2D eigenvalue weighted by Gasteiger charge is -2.26. The maximum absolute atomic E-state index is 13.0. The number of nitrogens with zero attached hydrogens (tertiary/aromatic N) is 2. The smallest absolute Gasteiger partial charge is 0.344 e. The number of amides is 1. The van der Waals surface area contributed by atoms with E-state index in [1.165, 1.54) is 43.8 Å². The van der Waals surface area contributed by atoms with Crippen molar-refractivity contribution in [2.75, 3.05) is 0 Å². The van der Waals surface area contributed by atoms with Crippen LogP contribution < -0.4 is 5.32 Å². The molecule has 1 saturated carbocycles. The maximum Gasteiger partial charge on any atom is 0.344 e. The first-order valence-corrected chi connectivity index (χ1v) is 10.1. The normalized spacial score (nSPS) is 20.3. The number of halogens is 1. The summed E-state index contributed by atoms with van der Waals surface area (Å²) >= 11 is 0. The standard InChI is InChI=1S/C18H22FN3O3S/c1-13-17(18(23)20-16-5-3-2-4-6-16)12-22(26(24,25)21-13)11-14-7-9-15(19)10-8-14/h7-10,12,16H,2-6,11H2,1H3,(H,20,23). The van der Waals surface area contributed by atoms with Crippen molar-refractivity contribution >= 4 is 21.8 Å². The van der Waals surface area contributed by atoms with Crippen molar-refractivity contribution in [1.29, 1.82) is 0 Å². The molecule has 3 rings (SSSR count). The van der Waals surface area contributed by atoms with Gasteiger partial charge in [-0.05, 0) is 37.5 Å². The van der Waals surface area contributed by atoms with Crippen LogP contribution in [0.15, 0.2) is 40.4 Å². The number of hydrogen-bond donors (Lipinski definition) is 1. The van der Waals surface area contributed by atoms with Gasteiger partial charge in [-0.2, -0.15) is 8.42 Å². The van der Waals surface area contributed by atoms with Crippen LogP contribution in [0.2, 0.25) is 0 Å². The topological polar surface area (TPSA) is 78.8 Å². The highest BCUT2D eigenvalue weighted by atomic mass is 32.2. The van der Waals surface area contributed by atoms with Gasteiger partial charge in [-0.15, -0.1) is 4.40 Å². The molecule has 0 radical (unpaired) electrons. The Hall–Kier alpha value is -2.22. The number of rotatable bonds is 4. The van der Waals surface area contributed by atoms with Gasteiger partial charge in [-0.25, -0.2) is 4.39 Å². The number of benzene rings is 1. The van der Waals surface area contributed by atoms with E-state index in [4.69, 9.17) is 0 Å². The van der Waals surface area contributed by atoms with Gasteiger partial charge in [0.25, 0.3) is 5.91 Å². The van der Waals surface area contributed by atoms with Gasteiger partial charge < -0.3 is 5.32 Å². The molecule has 1 aromatic rings. The Bertz CT molecular complexity index is 841. The lowest BCUT2D eigenvalue weighted by atomic mass is 9.95. The Morgan fingerprint density at radius 3 is 2.54 bits per heavy atom. The van der Waals surface area contributed by atoms with Crippen LogP contribution in [0, 0.1) is 5.82 Å². The summed E-state index contributed by atoms with van der Waals surface area (Å²) in [5.74, 6) is -0.704. The summed E-state index contributed by atoms with van der Waals surface area (Å²) in [4.78, 5) is 12.6. The number of nitrogens with one attached hydrogen (secondary N) is 1. The van der Waals surface area contributed by atoms with E-state index in [-0.39, 0.29) is 29.8 Å². The predicted octanol–water partition coefficient (Wildman–Crippen LogP) is 2.68. The summed E-state index contributed by atoms with van der Waals surface area (Å²) in [5, 5.41) is 2.98. The SMILES string of the molecule is CC1=NS(=O)(=O)N(Cc2ccc(F)cc2)C=C1C(=O)NC1CCCCC1. The molecule has 1 aromatic carbocycles. The Balaban J connectivity index is 1.79. The first-order chi connectivity index (χ1) is 12.3. The molecule has 26 heavy (non-hydrogen) atoms. The first-order valence-electron chi connectivity index (χ1n) is 8.71. The molecular weight excluding hydrogens is 357 g/mol. The zero-order valence-corrected chi connectivity index (χ0v) is 15.4. The molecule has 0 unspecified atom stereocenters. The minimum absolute atomic E-state index is 0.0143. The highest BCUT2D eigenvalue weighted by molar-refractivity contribution is 7.88. The summed E-state index contributed by atoms with van der Waals surface area (Å²) in [6, 6.07) is 5.66. The van der Waals surface area contributed by atoms with Gasteiger partial charge >= 0.3 is 10.2 Å². The van der Waals surface area contributed by atoms with Crippen LogP contribution in [-0.2, 0) is 21.5 Å². The summed E-state index contributed by atoms with van der Waals surface area (Å²) in [6.07, 6.45) is 6.54. The molecule has 0 spiro atoms. The summed E-state index contributed by atoms with van der Waals surface area (Å²) in [5.41, 5.74) is 1.02. The van der Waals surface area contributed by atoms with E-state index in [1.54, 1.807) is 0 Å². The Morgan fingerprint density at radius 2 is 1.88 bits per heavy atom. The van der Waals surface area contributed by atoms with E-state index in [2.05, 4.69) is 9.71 Å². The Morgan fingerprint density at radius 1 is 1.23 bits per heavy atom. The van der Waals surface area contributed by atoms with Gasteiger partial charge in [0.2, 0.25) is 0 Å². The molecule has 1 heterocycles. The summed E-state index contributed by atoms with van der Waals surface area (Å²) < 4.78 is 42.4. The number of hydrogen-bond acceptors (Lipinski definition) is 3. The van der Waals surface area contributed by atoms with E-state index >= 15 is 0 Å². The molecular formula is C18H22FN3O3S. The lowest BCUT2D eigenvalue weighted by Crippen LogP contribution is -2.40. The minimum Gasteiger partial charge on any atom is -0.349 e.